The SMILES string of the molecule is CCS(=O)(=O)C1(C)C(=O)C(C)(c2ccccc2C#N)CN=C1c1nc2c(C(F)(F)F)nccc2[nH]1. The highest BCUT2D eigenvalue weighted by molar-refractivity contribution is 7.94. The van der Waals surface area contributed by atoms with Gasteiger partial charge in [0.1, 0.15) is 11.2 Å². The topological polar surface area (TPSA) is 129 Å². The summed E-state index contributed by atoms with van der Waals surface area (Å²) in [5.41, 5.74) is -3.02. The summed E-state index contributed by atoms with van der Waals surface area (Å²) in [5, 5.41) is 9.56. The first-order valence-electron chi connectivity index (χ1n) is 10.5. The van der Waals surface area contributed by atoms with Crippen molar-refractivity contribution in [3.8, 4) is 6.07 Å². The first-order chi connectivity index (χ1) is 16.3. The van der Waals surface area contributed by atoms with Gasteiger partial charge in [0.05, 0.1) is 29.1 Å². The summed E-state index contributed by atoms with van der Waals surface area (Å²) >= 11 is 0. The van der Waals surface area contributed by atoms with Crippen molar-refractivity contribution in [2.75, 3.05) is 12.3 Å². The number of aromatic nitrogens is 3. The van der Waals surface area contributed by atoms with Crippen molar-refractivity contribution in [2.24, 2.45) is 4.99 Å². The van der Waals surface area contributed by atoms with E-state index in [9.17, 15) is 31.6 Å². The van der Waals surface area contributed by atoms with Gasteiger partial charge in [0.2, 0.25) is 0 Å². The average Bonchev–Trinajstić information content (AvgIpc) is 3.25. The molecule has 8 nitrogen and oxygen atoms in total. The van der Waals surface area contributed by atoms with Crippen LogP contribution in [0.15, 0.2) is 41.5 Å². The molecule has 0 amide bonds. The summed E-state index contributed by atoms with van der Waals surface area (Å²) < 4.78 is 64.9. The molecule has 1 aliphatic rings. The van der Waals surface area contributed by atoms with Gasteiger partial charge in [-0.15, -0.1) is 0 Å². The molecule has 182 valence electrons. The first kappa shape index (κ1) is 24.5. The van der Waals surface area contributed by atoms with E-state index in [0.717, 1.165) is 6.20 Å². The highest BCUT2D eigenvalue weighted by Gasteiger charge is 2.60. The van der Waals surface area contributed by atoms with E-state index in [1.807, 2.05) is 6.07 Å². The van der Waals surface area contributed by atoms with Crippen LogP contribution in [0.3, 0.4) is 0 Å². The van der Waals surface area contributed by atoms with Crippen LogP contribution in [0.4, 0.5) is 13.2 Å². The Bertz CT molecular complexity index is 1540. The van der Waals surface area contributed by atoms with Gasteiger partial charge in [0.15, 0.2) is 31.9 Å². The number of carbonyl (C=O) groups is 1. The van der Waals surface area contributed by atoms with Crippen LogP contribution in [-0.4, -0.2) is 51.9 Å². The van der Waals surface area contributed by atoms with Gasteiger partial charge in [-0.1, -0.05) is 25.1 Å². The molecule has 2 aromatic heterocycles. The Morgan fingerprint density at radius 1 is 1.20 bits per heavy atom. The third-order valence-corrected chi connectivity index (χ3v) is 8.86. The number of aliphatic imine (C=N–C) groups is 1. The van der Waals surface area contributed by atoms with Crippen LogP contribution < -0.4 is 0 Å². The van der Waals surface area contributed by atoms with E-state index in [2.05, 4.69) is 19.9 Å². The molecule has 0 saturated heterocycles. The molecule has 2 unspecified atom stereocenters. The van der Waals surface area contributed by atoms with E-state index in [0.29, 0.717) is 5.56 Å². The molecule has 0 aliphatic carbocycles. The van der Waals surface area contributed by atoms with E-state index in [4.69, 9.17) is 0 Å². The van der Waals surface area contributed by atoms with Gasteiger partial charge in [0, 0.05) is 11.9 Å². The number of halogens is 3. The molecule has 0 spiro atoms. The number of H-pyrrole nitrogens is 1. The van der Waals surface area contributed by atoms with Crippen molar-refractivity contribution in [1.29, 1.82) is 5.26 Å². The van der Waals surface area contributed by atoms with Crippen LogP contribution in [0, 0.1) is 11.3 Å². The van der Waals surface area contributed by atoms with Crippen LogP contribution in [0.5, 0.6) is 0 Å². The van der Waals surface area contributed by atoms with Crippen LogP contribution >= 0.6 is 0 Å². The Balaban J connectivity index is 2.00. The molecular weight excluding hydrogens is 483 g/mol. The fourth-order valence-corrected chi connectivity index (χ4v) is 6.04. The molecule has 0 radical (unpaired) electrons. The number of rotatable bonds is 4. The molecule has 3 heterocycles. The van der Waals surface area contributed by atoms with E-state index in [-0.39, 0.29) is 29.2 Å². The number of sulfone groups is 1. The lowest BCUT2D eigenvalue weighted by molar-refractivity contribution is -0.139. The van der Waals surface area contributed by atoms with Gasteiger partial charge in [0.25, 0.3) is 0 Å². The van der Waals surface area contributed by atoms with Crippen molar-refractivity contribution in [2.45, 2.75) is 37.1 Å². The van der Waals surface area contributed by atoms with Gasteiger partial charge in [-0.05, 0) is 31.5 Å². The Labute approximate surface area is 198 Å². The smallest absolute Gasteiger partial charge is 0.337 e. The maximum absolute atomic E-state index is 14.1. The molecule has 35 heavy (non-hydrogen) atoms. The maximum Gasteiger partial charge on any atom is 0.435 e. The predicted molar refractivity (Wildman–Crippen MR) is 122 cm³/mol. The molecule has 0 fully saturated rings. The number of nitriles is 1. The number of aromatic amines is 1. The van der Waals surface area contributed by atoms with Crippen LogP contribution in [0.2, 0.25) is 0 Å². The lowest BCUT2D eigenvalue weighted by atomic mass is 9.69. The Hall–Kier alpha value is -3.59. The lowest BCUT2D eigenvalue weighted by Crippen LogP contribution is -2.62. The van der Waals surface area contributed by atoms with Gasteiger partial charge in [-0.2, -0.15) is 18.4 Å². The van der Waals surface area contributed by atoms with E-state index >= 15 is 0 Å². The number of hydrogen-bond acceptors (Lipinski definition) is 7. The standard InChI is InChI=1S/C23H20F3N5O3S/c1-4-35(33,34)22(3)18(19-30-15-9-10-28-17(16(15)31-19)23(24,25)26)29-12-21(2,20(22)32)14-8-6-5-7-13(14)11-27/h5-10H,4,12H2,1-3H3,(H,30,31). The molecule has 1 aromatic carbocycles. The quantitative estimate of drug-likeness (QED) is 0.581. The van der Waals surface area contributed by atoms with E-state index < -0.39 is 48.9 Å². The number of nitrogens with one attached hydrogen (secondary N) is 1. The normalized spacial score (nSPS) is 23.2. The number of benzene rings is 1. The number of carbonyl (C=O) groups excluding carboxylic acids is 1. The Morgan fingerprint density at radius 3 is 2.51 bits per heavy atom. The maximum atomic E-state index is 14.1. The van der Waals surface area contributed by atoms with Gasteiger partial charge in [-0.25, -0.2) is 18.4 Å². The minimum absolute atomic E-state index is 0.0307. The minimum Gasteiger partial charge on any atom is -0.337 e. The number of Topliss-reactive ketones (excluding diaryl/α,β-unsaturated/α-hetero) is 1. The predicted octanol–water partition coefficient (Wildman–Crippen LogP) is 3.37. The number of alkyl halides is 3. The Morgan fingerprint density at radius 2 is 1.89 bits per heavy atom. The number of pyridine rings is 1. The van der Waals surface area contributed by atoms with Crippen molar-refractivity contribution in [3.05, 3.63) is 59.2 Å². The number of hydrogen-bond donors (Lipinski definition) is 1. The van der Waals surface area contributed by atoms with Crippen molar-refractivity contribution < 1.29 is 26.4 Å². The number of imidazole rings is 1. The second-order valence-corrected chi connectivity index (χ2v) is 11.2. The Kier molecular flexibility index (Phi) is 5.59. The zero-order valence-corrected chi connectivity index (χ0v) is 19.8. The minimum atomic E-state index is -4.80. The summed E-state index contributed by atoms with van der Waals surface area (Å²) in [6, 6.07) is 9.62. The third-order valence-electron chi connectivity index (χ3n) is 6.48. The highest BCUT2D eigenvalue weighted by Crippen LogP contribution is 2.41. The van der Waals surface area contributed by atoms with Crippen molar-refractivity contribution in [3.63, 3.8) is 0 Å². The van der Waals surface area contributed by atoms with E-state index in [1.165, 1.54) is 32.9 Å². The zero-order valence-electron chi connectivity index (χ0n) is 18.9. The molecular formula is C23H20F3N5O3S. The summed E-state index contributed by atoms with van der Waals surface area (Å²) in [6.07, 6.45) is -3.84. The molecule has 1 N–H and O–H groups in total. The molecule has 0 bridgehead atoms. The molecule has 3 aromatic rings. The monoisotopic (exact) mass is 503 g/mol. The van der Waals surface area contributed by atoms with Crippen LogP contribution in [0.25, 0.3) is 11.0 Å². The van der Waals surface area contributed by atoms with Gasteiger partial charge in [-0.3, -0.25) is 9.79 Å². The number of ketones is 1. The number of nitrogens with zero attached hydrogens (tertiary/aromatic N) is 4. The highest BCUT2D eigenvalue weighted by atomic mass is 32.2. The fraction of sp³-hybridized carbons (Fsp3) is 0.348. The van der Waals surface area contributed by atoms with Crippen LogP contribution in [-0.2, 0) is 26.2 Å². The average molecular weight is 504 g/mol. The lowest BCUT2D eigenvalue weighted by Gasteiger charge is -2.41. The first-order valence-corrected chi connectivity index (χ1v) is 12.2. The fourth-order valence-electron chi connectivity index (χ4n) is 4.50. The second kappa shape index (κ2) is 7.98. The largest absolute Gasteiger partial charge is 0.435 e. The van der Waals surface area contributed by atoms with Crippen molar-refractivity contribution >= 4 is 32.4 Å². The van der Waals surface area contributed by atoms with Crippen molar-refractivity contribution in [1.82, 2.24) is 15.0 Å². The summed E-state index contributed by atoms with van der Waals surface area (Å²) in [7, 11) is -4.20. The zero-order chi connectivity index (χ0) is 25.8. The molecule has 2 atom stereocenters. The van der Waals surface area contributed by atoms with Crippen LogP contribution in [0.1, 0.15) is 43.4 Å². The van der Waals surface area contributed by atoms with E-state index in [1.54, 1.807) is 18.2 Å². The second-order valence-electron chi connectivity index (χ2n) is 8.56. The van der Waals surface area contributed by atoms with Gasteiger partial charge >= 0.3 is 6.18 Å². The summed E-state index contributed by atoms with van der Waals surface area (Å²) in [6.45, 7) is 3.84. The molecule has 0 saturated carbocycles. The van der Waals surface area contributed by atoms with Gasteiger partial charge < -0.3 is 4.98 Å². The molecule has 1 aliphatic heterocycles. The summed E-state index contributed by atoms with van der Waals surface area (Å²) in [5.74, 6) is -1.43. The molecule has 12 heteroatoms. The molecule has 4 rings (SSSR count). The third kappa shape index (κ3) is 3.53. The number of fused-ring (bicyclic) bond motifs is 1. The summed E-state index contributed by atoms with van der Waals surface area (Å²) in [4.78, 5) is 28.5.